The first-order chi connectivity index (χ1) is 13.3. The number of aryl methyl sites for hydroxylation is 3. The number of aromatic nitrogens is 2. The summed E-state index contributed by atoms with van der Waals surface area (Å²) in [5.74, 6) is 0.733. The van der Waals surface area contributed by atoms with E-state index in [1.165, 1.54) is 17.5 Å². The van der Waals surface area contributed by atoms with Crippen LogP contribution in [0.4, 0.5) is 0 Å². The van der Waals surface area contributed by atoms with E-state index in [1.54, 1.807) is 6.92 Å². The number of hydrogen-bond acceptors (Lipinski definition) is 4. The summed E-state index contributed by atoms with van der Waals surface area (Å²) in [5.41, 5.74) is 3.39. The molecule has 1 atom stereocenters. The van der Waals surface area contributed by atoms with Crippen LogP contribution in [-0.4, -0.2) is 37.8 Å². The maximum absolute atomic E-state index is 13.3. The van der Waals surface area contributed by atoms with Crippen LogP contribution in [0.25, 0.3) is 0 Å². The molecule has 0 spiro atoms. The molecule has 0 radical (unpaired) electrons. The van der Waals surface area contributed by atoms with Crippen molar-refractivity contribution >= 4 is 5.91 Å². The van der Waals surface area contributed by atoms with Crippen molar-refractivity contribution in [2.24, 2.45) is 0 Å². The van der Waals surface area contributed by atoms with Gasteiger partial charge in [-0.3, -0.25) is 9.48 Å². The van der Waals surface area contributed by atoms with E-state index in [0.717, 1.165) is 37.3 Å². The summed E-state index contributed by atoms with van der Waals surface area (Å²) >= 11 is 0. The molecule has 0 fully saturated rings. The van der Waals surface area contributed by atoms with E-state index in [0.29, 0.717) is 18.8 Å². The maximum atomic E-state index is 13.3. The quantitative estimate of drug-likeness (QED) is 0.881. The fourth-order valence-electron chi connectivity index (χ4n) is 4.19. The number of ether oxygens (including phenoxy) is 1. The summed E-state index contributed by atoms with van der Waals surface area (Å²) < 4.78 is 8.07. The van der Waals surface area contributed by atoms with E-state index >= 15 is 0 Å². The Labute approximate surface area is 166 Å². The molecule has 28 heavy (non-hydrogen) atoms. The van der Waals surface area contributed by atoms with Gasteiger partial charge in [0.1, 0.15) is 5.75 Å². The minimum Gasteiger partial charge on any atom is -0.478 e. The lowest BCUT2D eigenvalue weighted by molar-refractivity contribution is -0.146. The monoisotopic (exact) mass is 383 g/mol. The Hall–Kier alpha value is -2.34. The van der Waals surface area contributed by atoms with Gasteiger partial charge in [0.15, 0.2) is 5.60 Å². The summed E-state index contributed by atoms with van der Waals surface area (Å²) in [6.07, 6.45) is 3.63. The second-order valence-electron chi connectivity index (χ2n) is 8.44. The maximum Gasteiger partial charge on any atom is 0.266 e. The fraction of sp³-hybridized carbons (Fsp3) is 0.545. The SMILES string of the molecule is C[C@H](O)c1cc2n(n1)CCCN(C(=O)C(C)(C)Oc1ccc3c(c1)CCC3)C2. The van der Waals surface area contributed by atoms with Gasteiger partial charge in [-0.25, -0.2) is 0 Å². The molecule has 4 rings (SSSR count). The smallest absolute Gasteiger partial charge is 0.266 e. The number of benzene rings is 1. The van der Waals surface area contributed by atoms with Gasteiger partial charge in [-0.2, -0.15) is 5.10 Å². The number of carbonyl (C=O) groups is 1. The molecule has 1 aliphatic heterocycles. The molecule has 6 heteroatoms. The van der Waals surface area contributed by atoms with E-state index in [-0.39, 0.29) is 5.91 Å². The second-order valence-corrected chi connectivity index (χ2v) is 8.44. The lowest BCUT2D eigenvalue weighted by atomic mass is 10.1. The molecule has 1 aromatic heterocycles. The van der Waals surface area contributed by atoms with Crippen molar-refractivity contribution in [3.8, 4) is 5.75 Å². The van der Waals surface area contributed by atoms with Gasteiger partial charge < -0.3 is 14.7 Å². The zero-order chi connectivity index (χ0) is 19.9. The van der Waals surface area contributed by atoms with E-state index < -0.39 is 11.7 Å². The second kappa shape index (κ2) is 7.24. The summed E-state index contributed by atoms with van der Waals surface area (Å²) in [5, 5.41) is 14.3. The van der Waals surface area contributed by atoms with E-state index in [9.17, 15) is 9.90 Å². The first-order valence-electron chi connectivity index (χ1n) is 10.2. The Morgan fingerprint density at radius 1 is 1.18 bits per heavy atom. The topological polar surface area (TPSA) is 67.6 Å². The van der Waals surface area contributed by atoms with Crippen molar-refractivity contribution in [1.82, 2.24) is 14.7 Å². The van der Waals surface area contributed by atoms with Gasteiger partial charge in [0.2, 0.25) is 0 Å². The van der Waals surface area contributed by atoms with Gasteiger partial charge in [0, 0.05) is 13.1 Å². The van der Waals surface area contributed by atoms with Crippen molar-refractivity contribution in [2.75, 3.05) is 6.54 Å². The highest BCUT2D eigenvalue weighted by atomic mass is 16.5. The van der Waals surface area contributed by atoms with Crippen LogP contribution < -0.4 is 4.74 Å². The van der Waals surface area contributed by atoms with Gasteiger partial charge >= 0.3 is 0 Å². The predicted molar refractivity (Wildman–Crippen MR) is 106 cm³/mol. The Kier molecular flexibility index (Phi) is 4.91. The largest absolute Gasteiger partial charge is 0.478 e. The lowest BCUT2D eigenvalue weighted by Crippen LogP contribution is -2.48. The molecule has 1 aliphatic carbocycles. The molecule has 0 saturated carbocycles. The number of hydrogen-bond donors (Lipinski definition) is 1. The van der Waals surface area contributed by atoms with Crippen LogP contribution in [0.1, 0.15) is 62.2 Å². The van der Waals surface area contributed by atoms with E-state index in [4.69, 9.17) is 4.74 Å². The van der Waals surface area contributed by atoms with Crippen LogP contribution in [0.3, 0.4) is 0 Å². The first kappa shape index (κ1) is 19.0. The van der Waals surface area contributed by atoms with E-state index in [1.807, 2.05) is 35.6 Å². The van der Waals surface area contributed by atoms with Crippen molar-refractivity contribution in [3.63, 3.8) is 0 Å². The van der Waals surface area contributed by atoms with Crippen molar-refractivity contribution in [1.29, 1.82) is 0 Å². The normalized spacial score (nSPS) is 17.6. The standard InChI is InChI=1S/C22H29N3O3/c1-15(26)20-13-18-14-24(10-5-11-25(18)23-20)21(27)22(2,3)28-19-9-8-16-6-4-7-17(16)12-19/h8-9,12-13,15,26H,4-7,10-11,14H2,1-3H3/t15-/m0/s1. The van der Waals surface area contributed by atoms with Crippen LogP contribution >= 0.6 is 0 Å². The molecule has 0 unspecified atom stereocenters. The number of rotatable bonds is 4. The van der Waals surface area contributed by atoms with Gasteiger partial charge in [0.25, 0.3) is 5.91 Å². The molecule has 150 valence electrons. The molecular formula is C22H29N3O3. The Morgan fingerprint density at radius 2 is 1.96 bits per heavy atom. The third kappa shape index (κ3) is 3.65. The van der Waals surface area contributed by atoms with Crippen LogP contribution in [0.2, 0.25) is 0 Å². The van der Waals surface area contributed by atoms with Crippen LogP contribution in [0.15, 0.2) is 24.3 Å². The number of amides is 1. The molecule has 0 bridgehead atoms. The number of fused-ring (bicyclic) bond motifs is 2. The molecule has 2 aliphatic rings. The fourth-order valence-corrected chi connectivity index (χ4v) is 4.19. The summed E-state index contributed by atoms with van der Waals surface area (Å²) in [4.78, 5) is 15.1. The molecule has 0 saturated heterocycles. The van der Waals surface area contributed by atoms with Crippen LogP contribution in [-0.2, 0) is 30.7 Å². The molecule has 2 aromatic rings. The van der Waals surface area contributed by atoms with Crippen molar-refractivity contribution < 1.29 is 14.6 Å². The van der Waals surface area contributed by atoms with Gasteiger partial charge in [-0.1, -0.05) is 6.07 Å². The van der Waals surface area contributed by atoms with Gasteiger partial charge in [0.05, 0.1) is 24.0 Å². The van der Waals surface area contributed by atoms with E-state index in [2.05, 4.69) is 17.2 Å². The Bertz CT molecular complexity index is 885. The molecule has 6 nitrogen and oxygen atoms in total. The predicted octanol–water partition coefficient (Wildman–Crippen LogP) is 3.02. The average Bonchev–Trinajstić information content (AvgIpc) is 3.22. The Morgan fingerprint density at radius 3 is 2.75 bits per heavy atom. The van der Waals surface area contributed by atoms with Gasteiger partial charge in [-0.05, 0) is 75.8 Å². The molecule has 1 N–H and O–H groups in total. The number of aliphatic hydroxyl groups excluding tert-OH is 1. The highest BCUT2D eigenvalue weighted by molar-refractivity contribution is 5.84. The van der Waals surface area contributed by atoms with Crippen molar-refractivity contribution in [3.05, 3.63) is 46.8 Å². The third-order valence-electron chi connectivity index (χ3n) is 5.71. The average molecular weight is 383 g/mol. The zero-order valence-corrected chi connectivity index (χ0v) is 16.9. The lowest BCUT2D eigenvalue weighted by Gasteiger charge is -2.31. The molecule has 1 amide bonds. The summed E-state index contributed by atoms with van der Waals surface area (Å²) in [6.45, 7) is 7.29. The zero-order valence-electron chi connectivity index (χ0n) is 16.9. The number of nitrogens with zero attached hydrogens (tertiary/aromatic N) is 3. The number of carbonyl (C=O) groups excluding carboxylic acids is 1. The molecular weight excluding hydrogens is 354 g/mol. The van der Waals surface area contributed by atoms with Gasteiger partial charge in [-0.15, -0.1) is 0 Å². The minimum atomic E-state index is -0.949. The molecule has 1 aromatic carbocycles. The summed E-state index contributed by atoms with van der Waals surface area (Å²) in [6, 6.07) is 8.08. The highest BCUT2D eigenvalue weighted by Gasteiger charge is 2.35. The Balaban J connectivity index is 1.50. The summed E-state index contributed by atoms with van der Waals surface area (Å²) in [7, 11) is 0. The van der Waals surface area contributed by atoms with Crippen LogP contribution in [0.5, 0.6) is 5.75 Å². The number of aliphatic hydroxyl groups is 1. The molecule has 2 heterocycles. The highest BCUT2D eigenvalue weighted by Crippen LogP contribution is 2.29. The third-order valence-corrected chi connectivity index (χ3v) is 5.71. The van der Waals surface area contributed by atoms with Crippen molar-refractivity contribution in [2.45, 2.75) is 71.2 Å². The minimum absolute atomic E-state index is 0.0266. The first-order valence-corrected chi connectivity index (χ1v) is 10.2. The van der Waals surface area contributed by atoms with Crippen LogP contribution in [0, 0.1) is 0 Å².